The van der Waals surface area contributed by atoms with Crippen LogP contribution in [0.25, 0.3) is 11.9 Å². The van der Waals surface area contributed by atoms with E-state index >= 15 is 0 Å². The van der Waals surface area contributed by atoms with Gasteiger partial charge in [0.05, 0.1) is 11.9 Å². The molecule has 0 amide bonds. The average molecular weight is 462 g/mol. The minimum atomic E-state index is -0.545. The largest absolute Gasteiger partial charge is 0.369 e. The first-order chi connectivity index (χ1) is 14.9. The molecule has 0 unspecified atom stereocenters. The zero-order chi connectivity index (χ0) is 22.0. The summed E-state index contributed by atoms with van der Waals surface area (Å²) in [5.74, 6) is -0.221. The first-order valence-corrected chi connectivity index (χ1v) is 10.1. The third-order valence-electron chi connectivity index (χ3n) is 5.37. The lowest BCUT2D eigenvalue weighted by atomic mass is 10.2. The number of nitrogens with zero attached hydrogens (tertiary/aromatic N) is 6. The maximum atomic E-state index is 13.5. The van der Waals surface area contributed by atoms with Crippen molar-refractivity contribution in [1.82, 2.24) is 24.6 Å². The van der Waals surface area contributed by atoms with Crippen LogP contribution in [0, 0.1) is 25.5 Å². The van der Waals surface area contributed by atoms with Gasteiger partial charge in [-0.25, -0.2) is 18.4 Å². The predicted molar refractivity (Wildman–Crippen MR) is 124 cm³/mol. The molecule has 1 fully saturated rings. The molecule has 0 atom stereocenters. The molecule has 0 radical (unpaired) electrons. The first kappa shape index (κ1) is 23.6. The number of hydrogen-bond donors (Lipinski definition) is 1. The summed E-state index contributed by atoms with van der Waals surface area (Å²) in [4.78, 5) is 12.7. The third-order valence-corrected chi connectivity index (χ3v) is 5.37. The van der Waals surface area contributed by atoms with E-state index in [0.717, 1.165) is 55.7 Å². The molecule has 1 saturated heterocycles. The maximum Gasteiger partial charge on any atom is 0.222 e. The van der Waals surface area contributed by atoms with Crippen molar-refractivity contribution in [1.29, 1.82) is 0 Å². The number of aromatic nitrogens is 4. The molecule has 2 N–H and O–H groups in total. The molecule has 0 bridgehead atoms. The number of rotatable bonds is 5. The van der Waals surface area contributed by atoms with Gasteiger partial charge in [0.15, 0.2) is 5.82 Å². The molecule has 1 aromatic carbocycles. The van der Waals surface area contributed by atoms with Gasteiger partial charge in [0, 0.05) is 61.8 Å². The van der Waals surface area contributed by atoms with Gasteiger partial charge in [-0.15, -0.1) is 12.4 Å². The number of hydrogen-bond acceptors (Lipinski definition) is 6. The summed E-state index contributed by atoms with van der Waals surface area (Å²) in [6.07, 6.45) is 5.95. The number of halogens is 3. The Morgan fingerprint density at radius 3 is 2.34 bits per heavy atom. The van der Waals surface area contributed by atoms with Gasteiger partial charge in [-0.3, -0.25) is 4.90 Å². The van der Waals surface area contributed by atoms with E-state index in [1.807, 2.05) is 30.9 Å². The first-order valence-electron chi connectivity index (χ1n) is 10.1. The van der Waals surface area contributed by atoms with Crippen LogP contribution in [0.2, 0.25) is 0 Å². The second-order valence-corrected chi connectivity index (χ2v) is 7.64. The molecule has 0 spiro atoms. The highest BCUT2D eigenvalue weighted by molar-refractivity contribution is 5.85. The van der Waals surface area contributed by atoms with Crippen LogP contribution in [0.15, 0.2) is 36.5 Å². The van der Waals surface area contributed by atoms with E-state index in [1.165, 1.54) is 12.1 Å². The Balaban J connectivity index is 0.00000289. The van der Waals surface area contributed by atoms with Crippen molar-refractivity contribution < 1.29 is 8.78 Å². The van der Waals surface area contributed by atoms with E-state index in [4.69, 9.17) is 5.73 Å². The highest BCUT2D eigenvalue weighted by atomic mass is 35.5. The topological polar surface area (TPSA) is 76.1 Å². The van der Waals surface area contributed by atoms with Crippen molar-refractivity contribution in [2.75, 3.05) is 43.4 Å². The maximum absolute atomic E-state index is 13.5. The fraction of sp³-hybridized carbons (Fsp3) is 0.318. The van der Waals surface area contributed by atoms with E-state index in [9.17, 15) is 8.78 Å². The molecule has 10 heteroatoms. The van der Waals surface area contributed by atoms with E-state index in [1.54, 1.807) is 10.9 Å². The minimum absolute atomic E-state index is 0. The zero-order valence-electron chi connectivity index (χ0n) is 18.0. The molecule has 3 aromatic rings. The van der Waals surface area contributed by atoms with E-state index in [2.05, 4.69) is 26.0 Å². The Labute approximate surface area is 192 Å². The summed E-state index contributed by atoms with van der Waals surface area (Å²) in [5.41, 5.74) is 9.10. The Morgan fingerprint density at radius 2 is 1.69 bits per heavy atom. The average Bonchev–Trinajstić information content (AvgIpc) is 3.07. The van der Waals surface area contributed by atoms with Gasteiger partial charge in [-0.1, -0.05) is 12.2 Å². The van der Waals surface area contributed by atoms with Crippen molar-refractivity contribution in [3.63, 3.8) is 0 Å². The molecule has 7 nitrogen and oxygen atoms in total. The molecule has 170 valence electrons. The van der Waals surface area contributed by atoms with Crippen molar-refractivity contribution in [2.24, 2.45) is 0 Å². The number of anilines is 2. The van der Waals surface area contributed by atoms with Crippen molar-refractivity contribution >= 4 is 30.1 Å². The molecular formula is C22H26ClF2N7. The molecule has 2 aromatic heterocycles. The van der Waals surface area contributed by atoms with Crippen molar-refractivity contribution in [3.05, 3.63) is 65.1 Å². The second kappa shape index (κ2) is 10.1. The molecule has 32 heavy (non-hydrogen) atoms. The standard InChI is InChI=1S/C22H25F2N7.ClH/c1-15-10-21(28-22(25)27-15)31-16(2)17(14-26-31)4-3-5-29-6-8-30(9-7-29)20-12-18(23)11-19(24)13-20;/h3-4,10-14H,5-9H2,1-2H3,(H2,25,27,28);1H. The number of benzene rings is 1. The summed E-state index contributed by atoms with van der Waals surface area (Å²) in [5, 5.41) is 4.43. The Bertz CT molecular complexity index is 1070. The molecule has 1 aliphatic heterocycles. The minimum Gasteiger partial charge on any atom is -0.369 e. The lowest BCUT2D eigenvalue weighted by Crippen LogP contribution is -2.46. The summed E-state index contributed by atoms with van der Waals surface area (Å²) in [6.45, 7) is 7.73. The van der Waals surface area contributed by atoms with Gasteiger partial charge < -0.3 is 10.6 Å². The van der Waals surface area contributed by atoms with Gasteiger partial charge in [-0.2, -0.15) is 10.1 Å². The summed E-state index contributed by atoms with van der Waals surface area (Å²) in [7, 11) is 0. The number of aryl methyl sites for hydroxylation is 1. The van der Waals surface area contributed by atoms with Crippen LogP contribution in [-0.4, -0.2) is 57.4 Å². The number of piperazine rings is 1. The van der Waals surface area contributed by atoms with Crippen LogP contribution >= 0.6 is 12.4 Å². The van der Waals surface area contributed by atoms with E-state index < -0.39 is 11.6 Å². The van der Waals surface area contributed by atoms with Crippen LogP contribution in [0.5, 0.6) is 0 Å². The quantitative estimate of drug-likeness (QED) is 0.627. The van der Waals surface area contributed by atoms with Crippen LogP contribution in [0.3, 0.4) is 0 Å². The van der Waals surface area contributed by atoms with Gasteiger partial charge in [0.1, 0.15) is 11.6 Å². The molecular weight excluding hydrogens is 436 g/mol. The Kier molecular flexibility index (Phi) is 7.42. The Hall–Kier alpha value is -3.04. The summed E-state index contributed by atoms with van der Waals surface area (Å²) < 4.78 is 28.7. The fourth-order valence-corrected chi connectivity index (χ4v) is 3.74. The SMILES string of the molecule is Cc1cc(-n2ncc(C=CCN3CCN(c4cc(F)cc(F)c4)CC3)c2C)nc(N)n1.Cl. The van der Waals surface area contributed by atoms with E-state index in [0.29, 0.717) is 11.5 Å². The number of nitrogens with two attached hydrogens (primary N) is 1. The van der Waals surface area contributed by atoms with Crippen LogP contribution < -0.4 is 10.6 Å². The fourth-order valence-electron chi connectivity index (χ4n) is 3.74. The summed E-state index contributed by atoms with van der Waals surface area (Å²) in [6, 6.07) is 5.50. The third kappa shape index (κ3) is 5.41. The second-order valence-electron chi connectivity index (χ2n) is 7.64. The van der Waals surface area contributed by atoms with E-state index in [-0.39, 0.29) is 18.4 Å². The molecule has 1 aliphatic rings. The van der Waals surface area contributed by atoms with Crippen LogP contribution in [0.4, 0.5) is 20.4 Å². The zero-order valence-corrected chi connectivity index (χ0v) is 18.8. The number of nitrogen functional groups attached to an aromatic ring is 1. The lowest BCUT2D eigenvalue weighted by Gasteiger charge is -2.35. The van der Waals surface area contributed by atoms with Gasteiger partial charge in [-0.05, 0) is 26.0 Å². The molecule has 4 rings (SSSR count). The predicted octanol–water partition coefficient (Wildman–Crippen LogP) is 3.40. The van der Waals surface area contributed by atoms with Crippen molar-refractivity contribution in [2.45, 2.75) is 13.8 Å². The highest BCUT2D eigenvalue weighted by Crippen LogP contribution is 2.20. The lowest BCUT2D eigenvalue weighted by molar-refractivity contribution is 0.284. The van der Waals surface area contributed by atoms with Gasteiger partial charge in [0.2, 0.25) is 5.95 Å². The molecule has 0 aliphatic carbocycles. The van der Waals surface area contributed by atoms with Crippen LogP contribution in [-0.2, 0) is 0 Å². The van der Waals surface area contributed by atoms with Crippen molar-refractivity contribution in [3.8, 4) is 5.82 Å². The summed E-state index contributed by atoms with van der Waals surface area (Å²) >= 11 is 0. The molecule has 3 heterocycles. The van der Waals surface area contributed by atoms with Gasteiger partial charge >= 0.3 is 0 Å². The Morgan fingerprint density at radius 1 is 1.00 bits per heavy atom. The normalized spacial score (nSPS) is 14.7. The molecule has 0 saturated carbocycles. The highest BCUT2D eigenvalue weighted by Gasteiger charge is 2.17. The smallest absolute Gasteiger partial charge is 0.222 e. The van der Waals surface area contributed by atoms with Crippen LogP contribution in [0.1, 0.15) is 17.0 Å². The van der Waals surface area contributed by atoms with Gasteiger partial charge in [0.25, 0.3) is 0 Å². The monoisotopic (exact) mass is 461 g/mol.